The van der Waals surface area contributed by atoms with E-state index in [1.54, 1.807) is 35.1 Å². The first kappa shape index (κ1) is 21.0. The molecule has 162 valence electrons. The van der Waals surface area contributed by atoms with Gasteiger partial charge in [-0.3, -0.25) is 9.78 Å². The number of fused-ring (bicyclic) bond motifs is 1. The average molecular weight is 434 g/mol. The molecule has 4 rings (SSSR count). The number of aromatic hydroxyl groups is 1. The lowest BCUT2D eigenvalue weighted by molar-refractivity contribution is 0.0694. The second kappa shape index (κ2) is 8.46. The topological polar surface area (TPSA) is 117 Å². The Morgan fingerprint density at radius 2 is 1.84 bits per heavy atom. The third-order valence-electron chi connectivity index (χ3n) is 5.06. The zero-order chi connectivity index (χ0) is 22.8. The van der Waals surface area contributed by atoms with E-state index in [1.165, 1.54) is 18.3 Å². The largest absolute Gasteiger partial charge is 0.505 e. The van der Waals surface area contributed by atoms with Gasteiger partial charge in [0.1, 0.15) is 22.7 Å². The highest BCUT2D eigenvalue weighted by Gasteiger charge is 2.22. The van der Waals surface area contributed by atoms with Crippen LogP contribution in [-0.4, -0.2) is 36.9 Å². The maximum absolute atomic E-state index is 13.2. The maximum atomic E-state index is 13.2. The van der Waals surface area contributed by atoms with Crippen molar-refractivity contribution < 1.29 is 24.2 Å². The van der Waals surface area contributed by atoms with Crippen molar-refractivity contribution in [2.24, 2.45) is 0 Å². The molecule has 2 aromatic heterocycles. The van der Waals surface area contributed by atoms with Crippen molar-refractivity contribution in [1.29, 1.82) is 0 Å². The first-order chi connectivity index (χ1) is 15.4. The number of halogens is 1. The Bertz CT molecular complexity index is 1330. The van der Waals surface area contributed by atoms with E-state index in [0.29, 0.717) is 29.7 Å². The molecule has 8 nitrogen and oxygen atoms in total. The molecule has 0 atom stereocenters. The summed E-state index contributed by atoms with van der Waals surface area (Å²) in [5.74, 6) is -2.36. The Balaban J connectivity index is 1.80. The molecule has 0 aliphatic heterocycles. The molecule has 0 spiro atoms. The number of nitrogens with one attached hydrogen (secondary N) is 1. The van der Waals surface area contributed by atoms with E-state index in [-0.39, 0.29) is 16.9 Å². The number of rotatable bonds is 6. The normalized spacial score (nSPS) is 10.9. The summed E-state index contributed by atoms with van der Waals surface area (Å²) in [6.45, 7) is 2.40. The van der Waals surface area contributed by atoms with Gasteiger partial charge in [-0.2, -0.15) is 5.10 Å². The van der Waals surface area contributed by atoms with Crippen molar-refractivity contribution in [2.75, 3.05) is 5.32 Å². The molecule has 0 unspecified atom stereocenters. The van der Waals surface area contributed by atoms with E-state index >= 15 is 0 Å². The van der Waals surface area contributed by atoms with Gasteiger partial charge in [-0.25, -0.2) is 13.9 Å². The Hall–Kier alpha value is -4.27. The molecule has 0 radical (unpaired) electrons. The number of carboxylic acid groups (broad SMARTS) is 1. The number of aromatic nitrogens is 3. The summed E-state index contributed by atoms with van der Waals surface area (Å²) in [4.78, 5) is 28.9. The lowest BCUT2D eigenvalue weighted by Gasteiger charge is -2.13. The predicted octanol–water partition coefficient (Wildman–Crippen LogP) is 3.84. The van der Waals surface area contributed by atoms with Crippen molar-refractivity contribution in [1.82, 2.24) is 14.8 Å². The number of pyridine rings is 1. The van der Waals surface area contributed by atoms with E-state index in [1.807, 2.05) is 6.92 Å². The first-order valence-electron chi connectivity index (χ1n) is 9.83. The van der Waals surface area contributed by atoms with Crippen molar-refractivity contribution in [3.8, 4) is 5.75 Å². The second-order valence-corrected chi connectivity index (χ2v) is 7.15. The lowest BCUT2D eigenvalue weighted by Crippen LogP contribution is -2.17. The van der Waals surface area contributed by atoms with Crippen molar-refractivity contribution in [3.05, 3.63) is 82.9 Å². The summed E-state index contributed by atoms with van der Waals surface area (Å²) in [7, 11) is 0. The van der Waals surface area contributed by atoms with Gasteiger partial charge in [0.25, 0.3) is 5.91 Å². The van der Waals surface area contributed by atoms with Crippen LogP contribution in [0.2, 0.25) is 0 Å². The molecule has 3 N–H and O–H groups in total. The molecule has 0 saturated carbocycles. The van der Waals surface area contributed by atoms with Gasteiger partial charge in [-0.05, 0) is 48.7 Å². The van der Waals surface area contributed by atoms with Gasteiger partial charge in [0.2, 0.25) is 0 Å². The Morgan fingerprint density at radius 1 is 1.09 bits per heavy atom. The molecular weight excluding hydrogens is 415 g/mol. The molecule has 2 aromatic carbocycles. The number of benzene rings is 2. The number of nitrogens with zero attached hydrogens (tertiary/aromatic N) is 3. The quantitative estimate of drug-likeness (QED) is 0.425. The molecule has 0 aliphatic carbocycles. The number of carboxylic acids is 1. The first-order valence-corrected chi connectivity index (χ1v) is 9.83. The van der Waals surface area contributed by atoms with Crippen LogP contribution in [0.15, 0.2) is 54.9 Å². The van der Waals surface area contributed by atoms with Crippen LogP contribution in [-0.2, 0) is 13.0 Å². The molecular formula is C23H19FN4O4. The molecule has 1 amide bonds. The predicted molar refractivity (Wildman–Crippen MR) is 115 cm³/mol. The Kier molecular flexibility index (Phi) is 5.55. The van der Waals surface area contributed by atoms with Crippen molar-refractivity contribution in [2.45, 2.75) is 19.9 Å². The minimum Gasteiger partial charge on any atom is -0.505 e. The zero-order valence-corrected chi connectivity index (χ0v) is 17.0. The monoisotopic (exact) mass is 434 g/mol. The summed E-state index contributed by atoms with van der Waals surface area (Å²) in [6, 6.07) is 10.4. The highest BCUT2D eigenvalue weighted by atomic mass is 19.1. The highest BCUT2D eigenvalue weighted by Crippen LogP contribution is 2.32. The van der Waals surface area contributed by atoms with Crippen LogP contribution in [0.4, 0.5) is 10.2 Å². The number of aromatic carboxylic acids is 1. The molecule has 0 aliphatic rings. The van der Waals surface area contributed by atoms with Crippen LogP contribution in [0.5, 0.6) is 5.75 Å². The van der Waals surface area contributed by atoms with Crippen LogP contribution < -0.4 is 5.32 Å². The fourth-order valence-electron chi connectivity index (χ4n) is 3.48. The summed E-state index contributed by atoms with van der Waals surface area (Å²) in [5.41, 5.74) is 1.16. The van der Waals surface area contributed by atoms with Gasteiger partial charge < -0.3 is 15.5 Å². The summed E-state index contributed by atoms with van der Waals surface area (Å²) >= 11 is 0. The maximum Gasteiger partial charge on any atom is 0.339 e. The van der Waals surface area contributed by atoms with Crippen LogP contribution >= 0.6 is 0 Å². The van der Waals surface area contributed by atoms with E-state index in [4.69, 9.17) is 0 Å². The van der Waals surface area contributed by atoms with Gasteiger partial charge in [0.15, 0.2) is 5.75 Å². The zero-order valence-electron chi connectivity index (χ0n) is 17.0. The number of carbonyl (C=O) groups excluding carboxylic acids is 1. The lowest BCUT2D eigenvalue weighted by atomic mass is 9.99. The SMILES string of the molecule is CCn1nccc1NC(=O)c1cc(C(=O)O)c(O)c2ncc(Cc3ccc(F)cc3)cc12. The summed E-state index contributed by atoms with van der Waals surface area (Å²) in [5, 5.41) is 27.0. The van der Waals surface area contributed by atoms with Gasteiger partial charge >= 0.3 is 5.97 Å². The third-order valence-corrected chi connectivity index (χ3v) is 5.06. The van der Waals surface area contributed by atoms with Crippen molar-refractivity contribution in [3.63, 3.8) is 0 Å². The van der Waals surface area contributed by atoms with E-state index in [2.05, 4.69) is 15.4 Å². The minimum absolute atomic E-state index is 0.00176. The smallest absolute Gasteiger partial charge is 0.339 e. The number of hydrogen-bond donors (Lipinski definition) is 3. The van der Waals surface area contributed by atoms with Crippen molar-refractivity contribution >= 4 is 28.6 Å². The van der Waals surface area contributed by atoms with Crippen LogP contribution in [0.1, 0.15) is 38.8 Å². The molecule has 9 heteroatoms. The Morgan fingerprint density at radius 3 is 2.53 bits per heavy atom. The van der Waals surface area contributed by atoms with Crippen LogP contribution in [0.25, 0.3) is 10.9 Å². The number of hydrogen-bond acceptors (Lipinski definition) is 5. The second-order valence-electron chi connectivity index (χ2n) is 7.15. The molecule has 0 bridgehead atoms. The third kappa shape index (κ3) is 4.00. The van der Waals surface area contributed by atoms with Gasteiger partial charge in [-0.1, -0.05) is 12.1 Å². The molecule has 0 saturated heterocycles. The average Bonchev–Trinajstić information content (AvgIpc) is 3.22. The molecule has 4 aromatic rings. The van der Waals surface area contributed by atoms with E-state index in [0.717, 1.165) is 11.6 Å². The number of phenols is 1. The van der Waals surface area contributed by atoms with E-state index < -0.39 is 23.2 Å². The van der Waals surface area contributed by atoms with Gasteiger partial charge in [0, 0.05) is 24.2 Å². The molecule has 2 heterocycles. The highest BCUT2D eigenvalue weighted by molar-refractivity contribution is 6.15. The molecule has 32 heavy (non-hydrogen) atoms. The summed E-state index contributed by atoms with van der Waals surface area (Å²) in [6.07, 6.45) is 3.44. The number of carbonyl (C=O) groups is 2. The van der Waals surface area contributed by atoms with Gasteiger partial charge in [-0.15, -0.1) is 0 Å². The van der Waals surface area contributed by atoms with Gasteiger partial charge in [0.05, 0.1) is 11.8 Å². The standard InChI is InChI=1S/C23H19FN4O4/c1-2-28-19(7-8-26-28)27-22(30)17-11-18(23(31)32)21(29)20-16(17)10-14(12-25-20)9-13-3-5-15(24)6-4-13/h3-8,10-12,29H,2,9H2,1H3,(H,27,30)(H,31,32). The fourth-order valence-corrected chi connectivity index (χ4v) is 3.48. The number of aryl methyl sites for hydroxylation is 1. The van der Waals surface area contributed by atoms with Crippen LogP contribution in [0, 0.1) is 5.82 Å². The Labute approximate surface area is 182 Å². The van der Waals surface area contributed by atoms with E-state index in [9.17, 15) is 24.2 Å². The number of amides is 1. The fraction of sp³-hybridized carbons (Fsp3) is 0.130. The molecule has 0 fully saturated rings. The number of anilines is 1. The van der Waals surface area contributed by atoms with Crippen LogP contribution in [0.3, 0.4) is 0 Å². The summed E-state index contributed by atoms with van der Waals surface area (Å²) < 4.78 is 14.8. The minimum atomic E-state index is -1.38.